The van der Waals surface area contributed by atoms with Gasteiger partial charge in [0.05, 0.1) is 31.0 Å². The molecular weight excluding hydrogens is 384 g/mol. The first-order valence-electron chi connectivity index (χ1n) is 9.66. The van der Waals surface area contributed by atoms with Crippen LogP contribution in [0.2, 0.25) is 0 Å². The number of carbonyl (C=O) groups excluding carboxylic acids is 2. The lowest BCUT2D eigenvalue weighted by Gasteiger charge is -2.33. The molecule has 2 heterocycles. The Kier molecular flexibility index (Phi) is 6.00. The molecule has 1 aliphatic rings. The van der Waals surface area contributed by atoms with Gasteiger partial charge in [-0.1, -0.05) is 26.0 Å². The van der Waals surface area contributed by atoms with Gasteiger partial charge in [-0.3, -0.25) is 14.5 Å². The fourth-order valence-corrected chi connectivity index (χ4v) is 2.96. The molecule has 0 saturated carbocycles. The number of guanidine groups is 1. The van der Waals surface area contributed by atoms with Crippen molar-refractivity contribution in [3.05, 3.63) is 47.9 Å². The summed E-state index contributed by atoms with van der Waals surface area (Å²) in [5.74, 6) is 0.386. The van der Waals surface area contributed by atoms with Crippen LogP contribution in [0.5, 0.6) is 5.88 Å². The maximum absolute atomic E-state index is 12.5. The van der Waals surface area contributed by atoms with Crippen LogP contribution >= 0.6 is 0 Å². The number of benzene rings is 1. The molecule has 9 heteroatoms. The Morgan fingerprint density at radius 2 is 2.10 bits per heavy atom. The number of aliphatic imine (C=N–C) groups is 1. The molecule has 1 aliphatic heterocycles. The summed E-state index contributed by atoms with van der Waals surface area (Å²) in [5, 5.41) is 2.80. The van der Waals surface area contributed by atoms with Crippen LogP contribution in [-0.2, 0) is 10.3 Å². The highest BCUT2D eigenvalue weighted by atomic mass is 16.5. The van der Waals surface area contributed by atoms with E-state index in [4.69, 9.17) is 10.5 Å². The lowest BCUT2D eigenvalue weighted by Crippen LogP contribution is -2.47. The van der Waals surface area contributed by atoms with Gasteiger partial charge >= 0.3 is 0 Å². The Bertz CT molecular complexity index is 973. The van der Waals surface area contributed by atoms with Crippen LogP contribution in [0.25, 0.3) is 0 Å². The van der Waals surface area contributed by atoms with Crippen LogP contribution in [0.15, 0.2) is 41.7 Å². The number of carbonyl (C=O) groups is 2. The van der Waals surface area contributed by atoms with Gasteiger partial charge in [0.25, 0.3) is 5.91 Å². The van der Waals surface area contributed by atoms with Crippen LogP contribution < -0.4 is 15.8 Å². The number of aromatic nitrogens is 2. The van der Waals surface area contributed by atoms with Gasteiger partial charge in [0.1, 0.15) is 5.69 Å². The van der Waals surface area contributed by atoms with Crippen LogP contribution in [0.1, 0.15) is 43.2 Å². The summed E-state index contributed by atoms with van der Waals surface area (Å²) in [6.07, 6.45) is 2.98. The van der Waals surface area contributed by atoms with Crippen LogP contribution in [0, 0.1) is 5.92 Å². The molecule has 1 aromatic heterocycles. The third-order valence-electron chi connectivity index (χ3n) is 4.74. The highest BCUT2D eigenvalue weighted by molar-refractivity contribution is 6.03. The van der Waals surface area contributed by atoms with Crippen LogP contribution in [0.4, 0.5) is 5.69 Å². The molecule has 0 aliphatic carbocycles. The van der Waals surface area contributed by atoms with Crippen LogP contribution in [0.3, 0.4) is 0 Å². The minimum atomic E-state index is -0.802. The predicted molar refractivity (Wildman–Crippen MR) is 113 cm³/mol. The molecule has 3 rings (SSSR count). The molecule has 0 radical (unpaired) electrons. The van der Waals surface area contributed by atoms with E-state index in [0.29, 0.717) is 24.1 Å². The summed E-state index contributed by atoms with van der Waals surface area (Å²) in [5.41, 5.74) is 6.58. The largest absolute Gasteiger partial charge is 0.476 e. The molecule has 9 nitrogen and oxygen atoms in total. The van der Waals surface area contributed by atoms with E-state index in [0.717, 1.165) is 5.56 Å². The number of nitrogens with zero attached hydrogens (tertiary/aromatic N) is 4. The molecule has 3 N–H and O–H groups in total. The lowest BCUT2D eigenvalue weighted by atomic mass is 9.87. The zero-order chi connectivity index (χ0) is 21.9. The quantitative estimate of drug-likeness (QED) is 0.752. The number of nitrogens with one attached hydrogen (secondary N) is 1. The Hall–Kier alpha value is -3.49. The number of rotatable bonds is 6. The van der Waals surface area contributed by atoms with Gasteiger partial charge in [0.15, 0.2) is 5.96 Å². The van der Waals surface area contributed by atoms with Gasteiger partial charge in [-0.15, -0.1) is 0 Å². The highest BCUT2D eigenvalue weighted by Crippen LogP contribution is 2.34. The number of hydrogen-bond donors (Lipinski definition) is 2. The van der Waals surface area contributed by atoms with E-state index < -0.39 is 11.4 Å². The molecule has 0 spiro atoms. The molecule has 2 aromatic rings. The maximum Gasteiger partial charge on any atom is 0.275 e. The standard InChI is InChI=1S/C21H26N6O3/c1-13(2)12-30-17-11-23-16(10-24-17)19(29)25-15-7-5-6-14(8-15)21(3)9-18(28)27(4)20(22)26-21/h5-8,10-11,13H,9,12H2,1-4H3,(H2,22,26)(H,25,29). The van der Waals surface area contributed by atoms with E-state index in [9.17, 15) is 9.59 Å². The summed E-state index contributed by atoms with van der Waals surface area (Å²) in [4.78, 5) is 38.8. The predicted octanol–water partition coefficient (Wildman–Crippen LogP) is 2.16. The minimum absolute atomic E-state index is 0.116. The van der Waals surface area contributed by atoms with Crippen molar-refractivity contribution in [2.45, 2.75) is 32.7 Å². The van der Waals surface area contributed by atoms with E-state index >= 15 is 0 Å². The SMILES string of the molecule is CC(C)COc1cnc(C(=O)Nc2cccc(C3(C)CC(=O)N(C)C(N)=N3)c2)cn1. The molecule has 2 amide bonds. The first-order valence-corrected chi connectivity index (χ1v) is 9.66. The second-order valence-corrected chi connectivity index (χ2v) is 7.85. The zero-order valence-electron chi connectivity index (χ0n) is 17.5. The van der Waals surface area contributed by atoms with E-state index in [2.05, 4.69) is 20.3 Å². The van der Waals surface area contributed by atoms with E-state index in [1.807, 2.05) is 26.8 Å². The van der Waals surface area contributed by atoms with Crippen molar-refractivity contribution in [3.63, 3.8) is 0 Å². The monoisotopic (exact) mass is 410 g/mol. The first-order chi connectivity index (χ1) is 14.2. The van der Waals surface area contributed by atoms with Gasteiger partial charge in [-0.25, -0.2) is 15.0 Å². The van der Waals surface area contributed by atoms with Gasteiger partial charge in [0, 0.05) is 12.7 Å². The first kappa shape index (κ1) is 21.2. The number of ether oxygens (including phenoxy) is 1. The lowest BCUT2D eigenvalue weighted by molar-refractivity contribution is -0.128. The smallest absolute Gasteiger partial charge is 0.275 e. The molecule has 1 aromatic carbocycles. The second kappa shape index (κ2) is 8.48. The average Bonchev–Trinajstić information content (AvgIpc) is 2.71. The van der Waals surface area contributed by atoms with Crippen molar-refractivity contribution in [1.82, 2.24) is 14.9 Å². The zero-order valence-corrected chi connectivity index (χ0v) is 17.5. The summed E-state index contributed by atoms with van der Waals surface area (Å²) in [6, 6.07) is 7.17. The Balaban J connectivity index is 1.74. The third kappa shape index (κ3) is 4.73. The van der Waals surface area contributed by atoms with Gasteiger partial charge < -0.3 is 15.8 Å². The van der Waals surface area contributed by atoms with Gasteiger partial charge in [-0.2, -0.15) is 0 Å². The van der Waals surface area contributed by atoms with E-state index in [1.54, 1.807) is 25.2 Å². The Morgan fingerprint density at radius 1 is 1.33 bits per heavy atom. The number of hydrogen-bond acceptors (Lipinski definition) is 7. The topological polar surface area (TPSA) is 123 Å². The summed E-state index contributed by atoms with van der Waals surface area (Å²) >= 11 is 0. The third-order valence-corrected chi connectivity index (χ3v) is 4.74. The van der Waals surface area contributed by atoms with Crippen molar-refractivity contribution in [1.29, 1.82) is 0 Å². The van der Waals surface area contributed by atoms with Crippen LogP contribution in [-0.4, -0.2) is 46.3 Å². The molecule has 0 bridgehead atoms. The summed E-state index contributed by atoms with van der Waals surface area (Å²) in [7, 11) is 1.59. The molecular formula is C21H26N6O3. The number of nitrogens with two attached hydrogens (primary N) is 1. The van der Waals surface area contributed by atoms with Crippen molar-refractivity contribution in [2.24, 2.45) is 16.6 Å². The van der Waals surface area contributed by atoms with Crippen molar-refractivity contribution >= 4 is 23.5 Å². The highest BCUT2D eigenvalue weighted by Gasteiger charge is 2.36. The maximum atomic E-state index is 12.5. The fraction of sp³-hybridized carbons (Fsp3) is 0.381. The summed E-state index contributed by atoms with van der Waals surface area (Å²) in [6.45, 7) is 6.43. The molecule has 30 heavy (non-hydrogen) atoms. The summed E-state index contributed by atoms with van der Waals surface area (Å²) < 4.78 is 5.48. The molecule has 158 valence electrons. The second-order valence-electron chi connectivity index (χ2n) is 7.85. The molecule has 1 unspecified atom stereocenters. The molecule has 0 saturated heterocycles. The van der Waals surface area contributed by atoms with Gasteiger partial charge in [0.2, 0.25) is 11.8 Å². The minimum Gasteiger partial charge on any atom is -0.476 e. The van der Waals surface area contributed by atoms with Gasteiger partial charge in [-0.05, 0) is 30.5 Å². The fourth-order valence-electron chi connectivity index (χ4n) is 2.96. The van der Waals surface area contributed by atoms with Crippen molar-refractivity contribution < 1.29 is 14.3 Å². The molecule has 1 atom stereocenters. The van der Waals surface area contributed by atoms with Crippen molar-refractivity contribution in [3.8, 4) is 5.88 Å². The number of amides is 2. The number of anilines is 1. The van der Waals surface area contributed by atoms with E-state index in [1.165, 1.54) is 17.3 Å². The Labute approximate surface area is 175 Å². The van der Waals surface area contributed by atoms with E-state index in [-0.39, 0.29) is 24.0 Å². The average molecular weight is 410 g/mol. The normalized spacial score (nSPS) is 18.9. The molecule has 0 fully saturated rings. The van der Waals surface area contributed by atoms with Crippen molar-refractivity contribution in [2.75, 3.05) is 19.0 Å². The Morgan fingerprint density at radius 3 is 2.73 bits per heavy atom.